The number of H-pyrrole nitrogens is 1. The number of aromatic nitrogens is 6. The van der Waals surface area contributed by atoms with Gasteiger partial charge in [0.25, 0.3) is 5.56 Å². The van der Waals surface area contributed by atoms with Gasteiger partial charge >= 0.3 is 0 Å². The van der Waals surface area contributed by atoms with Gasteiger partial charge in [0.15, 0.2) is 11.5 Å². The standard InChI is InChI=1S/C22H18FN7O/c1-12-5-3-8-16-17(12)22(31)30(15-7-4-6-14(23)9-15)21(29-16)13(2)28-20-18-19(25-10-24-18)26-11-27-20/h3-11,13H,1-2H3,(H2,24,25,26,27,28). The van der Waals surface area contributed by atoms with Crippen LogP contribution >= 0.6 is 0 Å². The van der Waals surface area contributed by atoms with Crippen molar-refractivity contribution in [3.63, 3.8) is 0 Å². The minimum Gasteiger partial charge on any atom is -0.358 e. The Morgan fingerprint density at radius 1 is 1.13 bits per heavy atom. The molecule has 3 heterocycles. The van der Waals surface area contributed by atoms with Crippen LogP contribution < -0.4 is 10.9 Å². The van der Waals surface area contributed by atoms with Crippen molar-refractivity contribution in [3.05, 3.63) is 82.7 Å². The molecule has 0 radical (unpaired) electrons. The lowest BCUT2D eigenvalue weighted by molar-refractivity contribution is 0.624. The fraction of sp³-hybridized carbons (Fsp3) is 0.136. The van der Waals surface area contributed by atoms with Gasteiger partial charge in [0.1, 0.15) is 23.5 Å². The first-order valence-corrected chi connectivity index (χ1v) is 9.72. The fourth-order valence-electron chi connectivity index (χ4n) is 3.71. The average Bonchev–Trinajstić information content (AvgIpc) is 3.23. The van der Waals surface area contributed by atoms with Crippen molar-refractivity contribution in [2.24, 2.45) is 0 Å². The molecule has 0 saturated carbocycles. The summed E-state index contributed by atoms with van der Waals surface area (Å²) < 4.78 is 15.5. The van der Waals surface area contributed by atoms with Crippen LogP contribution in [0.15, 0.2) is 59.9 Å². The third kappa shape index (κ3) is 3.20. The molecule has 0 aliphatic rings. The number of aromatic amines is 1. The molecule has 0 fully saturated rings. The number of fused-ring (bicyclic) bond motifs is 2. The number of halogens is 1. The highest BCUT2D eigenvalue weighted by Crippen LogP contribution is 2.24. The molecule has 3 aromatic heterocycles. The number of benzene rings is 2. The van der Waals surface area contributed by atoms with E-state index < -0.39 is 11.9 Å². The van der Waals surface area contributed by atoms with Gasteiger partial charge in [-0.2, -0.15) is 0 Å². The smallest absolute Gasteiger partial charge is 0.266 e. The Balaban J connectivity index is 1.72. The SMILES string of the molecule is Cc1cccc2nc(C(C)Nc3ncnc4[nH]cnc34)n(-c3cccc(F)c3)c(=O)c12. The molecule has 5 rings (SSSR count). The molecular weight excluding hydrogens is 397 g/mol. The summed E-state index contributed by atoms with van der Waals surface area (Å²) in [6.45, 7) is 3.72. The van der Waals surface area contributed by atoms with E-state index in [1.54, 1.807) is 18.2 Å². The number of nitrogens with one attached hydrogen (secondary N) is 2. The first-order chi connectivity index (χ1) is 15.0. The molecule has 2 N–H and O–H groups in total. The normalized spacial score (nSPS) is 12.4. The van der Waals surface area contributed by atoms with E-state index in [9.17, 15) is 9.18 Å². The largest absolute Gasteiger partial charge is 0.358 e. The van der Waals surface area contributed by atoms with Crippen molar-refractivity contribution >= 4 is 27.9 Å². The van der Waals surface area contributed by atoms with Crippen molar-refractivity contribution in [2.45, 2.75) is 19.9 Å². The van der Waals surface area contributed by atoms with Crippen LogP contribution in [0.25, 0.3) is 27.8 Å². The van der Waals surface area contributed by atoms with Crippen LogP contribution in [0, 0.1) is 12.7 Å². The van der Waals surface area contributed by atoms with Crippen LogP contribution in [0.4, 0.5) is 10.2 Å². The van der Waals surface area contributed by atoms with Gasteiger partial charge in [0.2, 0.25) is 0 Å². The highest BCUT2D eigenvalue weighted by Gasteiger charge is 2.20. The lowest BCUT2D eigenvalue weighted by atomic mass is 10.1. The summed E-state index contributed by atoms with van der Waals surface area (Å²) in [5.41, 5.74) is 2.69. The molecule has 1 unspecified atom stereocenters. The molecule has 154 valence electrons. The molecule has 0 saturated heterocycles. The van der Waals surface area contributed by atoms with E-state index in [1.807, 2.05) is 26.0 Å². The molecule has 0 bridgehead atoms. The average molecular weight is 415 g/mol. The zero-order valence-electron chi connectivity index (χ0n) is 16.8. The van der Waals surface area contributed by atoms with Crippen molar-refractivity contribution in [1.29, 1.82) is 0 Å². The van der Waals surface area contributed by atoms with Crippen LogP contribution in [0.2, 0.25) is 0 Å². The van der Waals surface area contributed by atoms with Crippen molar-refractivity contribution < 1.29 is 4.39 Å². The summed E-state index contributed by atoms with van der Waals surface area (Å²) in [4.78, 5) is 33.9. The first-order valence-electron chi connectivity index (χ1n) is 9.72. The summed E-state index contributed by atoms with van der Waals surface area (Å²) >= 11 is 0. The second-order valence-corrected chi connectivity index (χ2v) is 7.25. The molecule has 0 aliphatic carbocycles. The van der Waals surface area contributed by atoms with E-state index in [4.69, 9.17) is 4.98 Å². The number of hydrogen-bond acceptors (Lipinski definition) is 6. The van der Waals surface area contributed by atoms with Gasteiger partial charge in [0.05, 0.1) is 29.0 Å². The molecular formula is C22H18FN7O. The summed E-state index contributed by atoms with van der Waals surface area (Å²) in [6.07, 6.45) is 2.96. The molecule has 5 aromatic rings. The summed E-state index contributed by atoms with van der Waals surface area (Å²) in [5.74, 6) is 0.494. The van der Waals surface area contributed by atoms with Gasteiger partial charge in [-0.3, -0.25) is 9.36 Å². The first kappa shape index (κ1) is 18.9. The van der Waals surface area contributed by atoms with Gasteiger partial charge in [-0.25, -0.2) is 24.3 Å². The third-order valence-electron chi connectivity index (χ3n) is 5.16. The third-order valence-corrected chi connectivity index (χ3v) is 5.16. The maximum atomic E-state index is 14.0. The number of imidazole rings is 1. The molecule has 31 heavy (non-hydrogen) atoms. The second kappa shape index (κ2) is 7.28. The van der Waals surface area contributed by atoms with Crippen molar-refractivity contribution in [3.8, 4) is 5.69 Å². The van der Waals surface area contributed by atoms with Gasteiger partial charge in [-0.15, -0.1) is 0 Å². The van der Waals surface area contributed by atoms with Crippen LogP contribution in [-0.2, 0) is 0 Å². The van der Waals surface area contributed by atoms with E-state index in [0.717, 1.165) is 5.56 Å². The van der Waals surface area contributed by atoms with Gasteiger partial charge in [-0.1, -0.05) is 18.2 Å². The van der Waals surface area contributed by atoms with Crippen LogP contribution in [0.3, 0.4) is 0 Å². The molecule has 8 nitrogen and oxygen atoms in total. The zero-order valence-corrected chi connectivity index (χ0v) is 16.8. The highest BCUT2D eigenvalue weighted by molar-refractivity contribution is 5.83. The lowest BCUT2D eigenvalue weighted by Gasteiger charge is -2.20. The fourth-order valence-corrected chi connectivity index (χ4v) is 3.71. The van der Waals surface area contributed by atoms with E-state index in [2.05, 4.69) is 25.3 Å². The predicted octanol–water partition coefficient (Wildman–Crippen LogP) is 3.67. The molecule has 2 aromatic carbocycles. The zero-order chi connectivity index (χ0) is 21.5. The number of hydrogen-bond donors (Lipinski definition) is 2. The minimum atomic E-state index is -0.448. The van der Waals surface area contributed by atoms with Crippen LogP contribution in [0.1, 0.15) is 24.4 Å². The number of anilines is 1. The van der Waals surface area contributed by atoms with E-state index >= 15 is 0 Å². The minimum absolute atomic E-state index is 0.259. The second-order valence-electron chi connectivity index (χ2n) is 7.25. The Labute approximate surface area is 175 Å². The van der Waals surface area contributed by atoms with Gasteiger partial charge in [0, 0.05) is 0 Å². The Morgan fingerprint density at radius 2 is 1.97 bits per heavy atom. The summed E-state index contributed by atoms with van der Waals surface area (Å²) in [5, 5.41) is 3.77. The maximum absolute atomic E-state index is 14.0. The quantitative estimate of drug-likeness (QED) is 0.464. The monoisotopic (exact) mass is 415 g/mol. The summed E-state index contributed by atoms with van der Waals surface area (Å²) in [7, 11) is 0. The molecule has 1 atom stereocenters. The van der Waals surface area contributed by atoms with Crippen LogP contribution in [-0.4, -0.2) is 29.5 Å². The van der Waals surface area contributed by atoms with Gasteiger partial charge < -0.3 is 10.3 Å². The number of nitrogens with zero attached hydrogens (tertiary/aromatic N) is 5. The van der Waals surface area contributed by atoms with E-state index in [-0.39, 0.29) is 5.56 Å². The molecule has 0 aliphatic heterocycles. The number of rotatable bonds is 4. The molecule has 0 amide bonds. The van der Waals surface area contributed by atoms with Gasteiger partial charge in [-0.05, 0) is 43.7 Å². The van der Waals surface area contributed by atoms with E-state index in [0.29, 0.717) is 39.4 Å². The van der Waals surface area contributed by atoms with Crippen molar-refractivity contribution in [2.75, 3.05) is 5.32 Å². The Bertz CT molecular complexity index is 1490. The van der Waals surface area contributed by atoms with Crippen LogP contribution in [0.5, 0.6) is 0 Å². The Hall–Kier alpha value is -4.14. The van der Waals surface area contributed by atoms with E-state index in [1.165, 1.54) is 29.4 Å². The van der Waals surface area contributed by atoms with Crippen molar-refractivity contribution in [1.82, 2.24) is 29.5 Å². The maximum Gasteiger partial charge on any atom is 0.266 e. The molecule has 0 spiro atoms. The highest BCUT2D eigenvalue weighted by atomic mass is 19.1. The summed E-state index contributed by atoms with van der Waals surface area (Å²) in [6, 6.07) is 11.0. The Kier molecular flexibility index (Phi) is 4.43. The predicted molar refractivity (Wildman–Crippen MR) is 116 cm³/mol. The number of aryl methyl sites for hydroxylation is 1. The Morgan fingerprint density at radius 3 is 2.81 bits per heavy atom. The topological polar surface area (TPSA) is 101 Å². The lowest BCUT2D eigenvalue weighted by Crippen LogP contribution is -2.28. The molecule has 9 heteroatoms.